The number of nitrogens with zero attached hydrogens (tertiary/aromatic N) is 2. The Morgan fingerprint density at radius 3 is 2.58 bits per heavy atom. The van der Waals surface area contributed by atoms with Crippen LogP contribution < -0.4 is 10.2 Å². The average Bonchev–Trinajstić information content (AvgIpc) is 3.21. The minimum Gasteiger partial charge on any atom is -0.481 e. The van der Waals surface area contributed by atoms with Crippen LogP contribution in [0.5, 0.6) is 5.88 Å². The van der Waals surface area contributed by atoms with E-state index in [9.17, 15) is 17.9 Å². The molecule has 168 valence electrons. The van der Waals surface area contributed by atoms with Crippen molar-refractivity contribution in [2.24, 2.45) is 5.16 Å². The third-order valence-corrected chi connectivity index (χ3v) is 7.57. The summed E-state index contributed by atoms with van der Waals surface area (Å²) in [5.74, 6) is -0.184. The molecule has 0 saturated carbocycles. The van der Waals surface area contributed by atoms with Crippen LogP contribution in [0.4, 0.5) is 4.39 Å². The summed E-state index contributed by atoms with van der Waals surface area (Å²) >= 11 is 0. The zero-order valence-corrected chi connectivity index (χ0v) is 18.1. The highest BCUT2D eigenvalue weighted by Gasteiger charge is 2.46. The Bertz CT molecular complexity index is 1080. The van der Waals surface area contributed by atoms with Gasteiger partial charge in [0.25, 0.3) is 0 Å². The Morgan fingerprint density at radius 1 is 1.35 bits per heavy atom. The second-order valence-electron chi connectivity index (χ2n) is 7.57. The Morgan fingerprint density at radius 2 is 2.00 bits per heavy atom. The van der Waals surface area contributed by atoms with E-state index in [-0.39, 0.29) is 6.42 Å². The van der Waals surface area contributed by atoms with Crippen molar-refractivity contribution in [1.82, 2.24) is 10.5 Å². The highest BCUT2D eigenvalue weighted by Crippen LogP contribution is 2.32. The lowest BCUT2D eigenvalue weighted by molar-refractivity contribution is -0.0355. The molecule has 31 heavy (non-hydrogen) atoms. The summed E-state index contributed by atoms with van der Waals surface area (Å²) in [6.45, 7) is 1.32. The van der Waals surface area contributed by atoms with Gasteiger partial charge in [0.2, 0.25) is 5.88 Å². The predicted molar refractivity (Wildman–Crippen MR) is 111 cm³/mol. The van der Waals surface area contributed by atoms with Crippen LogP contribution in [-0.4, -0.2) is 59.9 Å². The number of ether oxygens (including phenoxy) is 1. The van der Waals surface area contributed by atoms with Crippen molar-refractivity contribution in [3.8, 4) is 17.0 Å². The van der Waals surface area contributed by atoms with Crippen molar-refractivity contribution in [3.05, 3.63) is 47.9 Å². The van der Waals surface area contributed by atoms with Crippen LogP contribution in [0.15, 0.2) is 41.7 Å². The van der Waals surface area contributed by atoms with Crippen LogP contribution in [-0.2, 0) is 14.7 Å². The summed E-state index contributed by atoms with van der Waals surface area (Å²) in [5.41, 5.74) is 3.89. The zero-order chi connectivity index (χ0) is 22.8. The molecule has 1 aromatic heterocycles. The van der Waals surface area contributed by atoms with Crippen LogP contribution in [0, 0.1) is 5.82 Å². The van der Waals surface area contributed by atoms with E-state index in [0.29, 0.717) is 29.1 Å². The number of methoxy groups -OCH3 is 1. The van der Waals surface area contributed by atoms with Gasteiger partial charge in [-0.1, -0.05) is 29.4 Å². The van der Waals surface area contributed by atoms with E-state index < -0.39 is 32.7 Å². The van der Waals surface area contributed by atoms with Crippen LogP contribution in [0.2, 0.25) is 0 Å². The van der Waals surface area contributed by atoms with E-state index >= 15 is 0 Å². The van der Waals surface area contributed by atoms with Gasteiger partial charge in [-0.25, -0.2) is 17.8 Å². The number of nitrogens with one attached hydrogen (secondary N) is 1. The number of sulfone groups is 1. The van der Waals surface area contributed by atoms with Crippen LogP contribution in [0.3, 0.4) is 0 Å². The number of halogens is 1. The number of aliphatic hydroxyl groups excluding tert-OH is 1. The van der Waals surface area contributed by atoms with Crippen molar-refractivity contribution in [2.45, 2.75) is 36.8 Å². The van der Waals surface area contributed by atoms with Gasteiger partial charge in [0.15, 0.2) is 9.84 Å². The molecule has 0 aliphatic carbocycles. The van der Waals surface area contributed by atoms with E-state index in [1.807, 2.05) is 0 Å². The molecule has 0 bridgehead atoms. The Balaban J connectivity index is 1.75. The largest absolute Gasteiger partial charge is 0.481 e. The molecular formula is C20H24FN3O6S. The molecule has 0 saturated heterocycles. The van der Waals surface area contributed by atoms with Gasteiger partial charge >= 0.3 is 0 Å². The number of oxime groups is 1. The van der Waals surface area contributed by atoms with Gasteiger partial charge in [-0.2, -0.15) is 5.48 Å². The van der Waals surface area contributed by atoms with Gasteiger partial charge in [-0.15, -0.1) is 0 Å². The summed E-state index contributed by atoms with van der Waals surface area (Å²) in [5, 5.41) is 23.1. The SMILES string of the molecule is COc1cc(-c2ccc(C3=NO[C@@H](C[C@](C)(C(O)NO)S(C)(=O)=O)C3)cc2)c(F)cn1. The fourth-order valence-electron chi connectivity index (χ4n) is 3.36. The number of aliphatic hydroxyl groups is 1. The maximum atomic E-state index is 14.1. The molecule has 0 radical (unpaired) electrons. The number of rotatable bonds is 8. The second-order valence-corrected chi connectivity index (χ2v) is 10.1. The number of hydroxylamine groups is 1. The molecule has 1 unspecified atom stereocenters. The minimum atomic E-state index is -3.75. The molecule has 3 atom stereocenters. The summed E-state index contributed by atoms with van der Waals surface area (Å²) < 4.78 is 41.9. The Labute approximate surface area is 179 Å². The molecule has 3 N–H and O–H groups in total. The highest BCUT2D eigenvalue weighted by molar-refractivity contribution is 7.92. The van der Waals surface area contributed by atoms with Crippen molar-refractivity contribution < 1.29 is 32.7 Å². The average molecular weight is 453 g/mol. The van der Waals surface area contributed by atoms with E-state index in [1.54, 1.807) is 29.7 Å². The topological polar surface area (TPSA) is 130 Å². The first-order valence-electron chi connectivity index (χ1n) is 9.39. The van der Waals surface area contributed by atoms with Crippen molar-refractivity contribution >= 4 is 15.5 Å². The minimum absolute atomic E-state index is 0.0896. The molecule has 2 heterocycles. The second kappa shape index (κ2) is 8.87. The maximum absolute atomic E-state index is 14.1. The zero-order valence-electron chi connectivity index (χ0n) is 17.2. The molecule has 9 nitrogen and oxygen atoms in total. The lowest BCUT2D eigenvalue weighted by Crippen LogP contribution is -2.54. The molecule has 11 heteroatoms. The molecule has 3 rings (SSSR count). The molecule has 1 aliphatic rings. The van der Waals surface area contributed by atoms with Crippen LogP contribution in [0.25, 0.3) is 11.1 Å². The maximum Gasteiger partial charge on any atom is 0.213 e. The van der Waals surface area contributed by atoms with Gasteiger partial charge in [0.05, 0.1) is 19.0 Å². The fraction of sp³-hybridized carbons (Fsp3) is 0.400. The van der Waals surface area contributed by atoms with Gasteiger partial charge in [0.1, 0.15) is 22.9 Å². The highest BCUT2D eigenvalue weighted by atomic mass is 32.2. The summed E-state index contributed by atoms with van der Waals surface area (Å²) in [6.07, 6.45) is -0.0130. The smallest absolute Gasteiger partial charge is 0.213 e. The summed E-state index contributed by atoms with van der Waals surface area (Å²) in [7, 11) is -2.30. The third-order valence-electron chi connectivity index (χ3n) is 5.48. The first-order valence-corrected chi connectivity index (χ1v) is 11.3. The quantitative estimate of drug-likeness (QED) is 0.408. The van der Waals surface area contributed by atoms with Gasteiger partial charge in [-0.3, -0.25) is 0 Å². The van der Waals surface area contributed by atoms with Crippen LogP contribution >= 0.6 is 0 Å². The number of benzene rings is 1. The van der Waals surface area contributed by atoms with Gasteiger partial charge < -0.3 is 19.9 Å². The number of hydrogen-bond acceptors (Lipinski definition) is 9. The molecule has 1 aliphatic heterocycles. The Kier molecular flexibility index (Phi) is 6.60. The molecule has 0 amide bonds. The standard InChI is InChI=1S/C20H24FN3O6S/c1-20(19(25)23-26,31(3,27)28)10-14-8-17(24-30-14)13-6-4-12(5-7-13)15-9-18(29-2)22-11-16(15)21/h4-7,9,11,14,19,23,25-26H,8,10H2,1-3H3/t14-,19?,20-/m1/s1. The number of pyridine rings is 1. The number of aromatic nitrogens is 1. The van der Waals surface area contributed by atoms with E-state index in [4.69, 9.17) is 14.8 Å². The molecule has 1 aromatic carbocycles. The van der Waals surface area contributed by atoms with E-state index in [2.05, 4.69) is 10.1 Å². The van der Waals surface area contributed by atoms with Crippen LogP contribution in [0.1, 0.15) is 25.3 Å². The lowest BCUT2D eigenvalue weighted by Gasteiger charge is -2.32. The summed E-state index contributed by atoms with van der Waals surface area (Å²) in [4.78, 5) is 9.21. The molecule has 0 fully saturated rings. The first-order chi connectivity index (χ1) is 14.6. The molecular weight excluding hydrogens is 429 g/mol. The van der Waals surface area contributed by atoms with Crippen molar-refractivity contribution in [1.29, 1.82) is 0 Å². The third kappa shape index (κ3) is 4.69. The number of hydrogen-bond donors (Lipinski definition) is 3. The van der Waals surface area contributed by atoms with E-state index in [0.717, 1.165) is 18.0 Å². The lowest BCUT2D eigenvalue weighted by atomic mass is 9.95. The fourth-order valence-corrected chi connectivity index (χ4v) is 4.30. The van der Waals surface area contributed by atoms with Gasteiger partial charge in [0, 0.05) is 30.7 Å². The first kappa shape index (κ1) is 23.1. The predicted octanol–water partition coefficient (Wildman–Crippen LogP) is 1.88. The van der Waals surface area contributed by atoms with E-state index in [1.165, 1.54) is 20.1 Å². The molecule has 0 spiro atoms. The Hall–Kier alpha value is -2.60. The van der Waals surface area contributed by atoms with Crippen molar-refractivity contribution in [3.63, 3.8) is 0 Å². The summed E-state index contributed by atoms with van der Waals surface area (Å²) in [6, 6.07) is 8.47. The molecule has 2 aromatic rings. The van der Waals surface area contributed by atoms with Gasteiger partial charge in [-0.05, 0) is 18.1 Å². The normalized spacial score (nSPS) is 19.3. The van der Waals surface area contributed by atoms with Crippen molar-refractivity contribution in [2.75, 3.05) is 13.4 Å². The monoisotopic (exact) mass is 453 g/mol.